The highest BCUT2D eigenvalue weighted by atomic mass is 32.2. The molecule has 1 aromatic heterocycles. The molecule has 1 fully saturated rings. The molecule has 6 heteroatoms. The number of rotatable bonds is 7. The predicted molar refractivity (Wildman–Crippen MR) is 112 cm³/mol. The molecule has 0 unspecified atom stereocenters. The van der Waals surface area contributed by atoms with Gasteiger partial charge in [-0.05, 0) is 41.7 Å². The number of carbonyl (C=O) groups is 2. The minimum absolute atomic E-state index is 0.0541. The van der Waals surface area contributed by atoms with Gasteiger partial charge in [-0.15, -0.1) is 11.8 Å². The van der Waals surface area contributed by atoms with E-state index in [4.69, 9.17) is 4.42 Å². The number of thioether (sulfide) groups is 1. The van der Waals surface area contributed by atoms with Gasteiger partial charge in [-0.3, -0.25) is 9.59 Å². The maximum absolute atomic E-state index is 12.6. The number of benzene rings is 1. The SMILES string of the molecule is CC(C)C(NC(=O)c1ccc([C@@H]2SCC(=O)N2Cc2ccco2)cc1)C(C)C. The summed E-state index contributed by atoms with van der Waals surface area (Å²) in [7, 11) is 0. The standard InChI is InChI=1S/C22H28N2O3S/c1-14(2)20(15(3)4)23-21(26)16-7-9-17(10-8-16)22-24(19(25)13-28-22)12-18-6-5-11-27-18/h5-11,14-15,20,22H,12-13H2,1-4H3,(H,23,26)/t22-/m0/s1. The van der Waals surface area contributed by atoms with Crippen molar-refractivity contribution < 1.29 is 14.0 Å². The summed E-state index contributed by atoms with van der Waals surface area (Å²) in [6.07, 6.45) is 1.62. The lowest BCUT2D eigenvalue weighted by atomic mass is 9.93. The quantitative estimate of drug-likeness (QED) is 0.745. The average Bonchev–Trinajstić information content (AvgIpc) is 3.30. The van der Waals surface area contributed by atoms with Gasteiger partial charge in [0.2, 0.25) is 5.91 Å². The highest BCUT2D eigenvalue weighted by Crippen LogP contribution is 2.39. The number of amides is 2. The van der Waals surface area contributed by atoms with Crippen LogP contribution in [-0.2, 0) is 11.3 Å². The Morgan fingerprint density at radius 2 is 1.86 bits per heavy atom. The first-order chi connectivity index (χ1) is 13.4. The van der Waals surface area contributed by atoms with Crippen LogP contribution in [0.3, 0.4) is 0 Å². The second kappa shape index (κ2) is 8.86. The number of carbonyl (C=O) groups excluding carboxylic acids is 2. The molecule has 0 radical (unpaired) electrons. The molecule has 2 aromatic rings. The van der Waals surface area contributed by atoms with Crippen molar-refractivity contribution in [2.75, 3.05) is 5.75 Å². The molecular formula is C22H28N2O3S. The molecule has 150 valence electrons. The van der Waals surface area contributed by atoms with Crippen molar-refractivity contribution in [1.29, 1.82) is 0 Å². The van der Waals surface area contributed by atoms with E-state index < -0.39 is 0 Å². The molecule has 1 atom stereocenters. The van der Waals surface area contributed by atoms with Gasteiger partial charge >= 0.3 is 0 Å². The Bertz CT molecular complexity index is 792. The summed E-state index contributed by atoms with van der Waals surface area (Å²) >= 11 is 1.60. The maximum atomic E-state index is 12.6. The van der Waals surface area contributed by atoms with Gasteiger partial charge in [0.15, 0.2) is 0 Å². The van der Waals surface area contributed by atoms with Crippen molar-refractivity contribution in [3.8, 4) is 0 Å². The summed E-state index contributed by atoms with van der Waals surface area (Å²) in [4.78, 5) is 26.8. The molecule has 0 aliphatic carbocycles. The van der Waals surface area contributed by atoms with Crippen LogP contribution in [0.4, 0.5) is 0 Å². The number of nitrogens with zero attached hydrogens (tertiary/aromatic N) is 1. The van der Waals surface area contributed by atoms with E-state index in [1.54, 1.807) is 18.0 Å². The molecule has 5 nitrogen and oxygen atoms in total. The van der Waals surface area contributed by atoms with E-state index in [2.05, 4.69) is 33.0 Å². The highest BCUT2D eigenvalue weighted by molar-refractivity contribution is 8.00. The number of hydrogen-bond acceptors (Lipinski definition) is 4. The summed E-state index contributed by atoms with van der Waals surface area (Å²) in [5.41, 5.74) is 1.66. The Morgan fingerprint density at radius 1 is 1.18 bits per heavy atom. The Morgan fingerprint density at radius 3 is 2.43 bits per heavy atom. The van der Waals surface area contributed by atoms with Gasteiger partial charge in [-0.2, -0.15) is 0 Å². The molecule has 2 amide bonds. The monoisotopic (exact) mass is 400 g/mol. The van der Waals surface area contributed by atoms with Crippen LogP contribution in [-0.4, -0.2) is 28.5 Å². The van der Waals surface area contributed by atoms with E-state index in [9.17, 15) is 9.59 Å². The predicted octanol–water partition coefficient (Wildman–Crippen LogP) is 4.46. The summed E-state index contributed by atoms with van der Waals surface area (Å²) in [5.74, 6) is 2.02. The normalized spacial score (nSPS) is 17.2. The van der Waals surface area contributed by atoms with Crippen LogP contribution < -0.4 is 5.32 Å². The van der Waals surface area contributed by atoms with E-state index in [0.717, 1.165) is 11.3 Å². The number of hydrogen-bond donors (Lipinski definition) is 1. The smallest absolute Gasteiger partial charge is 0.251 e. The van der Waals surface area contributed by atoms with Crippen LogP contribution in [0.25, 0.3) is 0 Å². The molecule has 1 aliphatic heterocycles. The Hall–Kier alpha value is -2.21. The molecular weight excluding hydrogens is 372 g/mol. The molecule has 0 spiro atoms. The van der Waals surface area contributed by atoms with Crippen LogP contribution in [0.2, 0.25) is 0 Å². The molecule has 1 saturated heterocycles. The Kier molecular flexibility index (Phi) is 6.50. The van der Waals surface area contributed by atoms with E-state index in [1.165, 1.54) is 0 Å². The van der Waals surface area contributed by atoms with Crippen LogP contribution >= 0.6 is 11.8 Å². The molecule has 0 saturated carbocycles. The van der Waals surface area contributed by atoms with Crippen LogP contribution in [0, 0.1) is 11.8 Å². The first-order valence-corrected chi connectivity index (χ1v) is 10.8. The van der Waals surface area contributed by atoms with Gasteiger partial charge in [0.05, 0.1) is 18.6 Å². The zero-order valence-electron chi connectivity index (χ0n) is 16.8. The second-order valence-corrected chi connectivity index (χ2v) is 8.94. The van der Waals surface area contributed by atoms with E-state index in [1.807, 2.05) is 41.3 Å². The number of furan rings is 1. The van der Waals surface area contributed by atoms with E-state index in [0.29, 0.717) is 29.7 Å². The fraction of sp³-hybridized carbons (Fsp3) is 0.455. The number of nitrogens with one attached hydrogen (secondary N) is 1. The third-order valence-corrected chi connectivity index (χ3v) is 6.32. The van der Waals surface area contributed by atoms with Crippen LogP contribution in [0.5, 0.6) is 0 Å². The fourth-order valence-electron chi connectivity index (χ4n) is 3.61. The Labute approximate surface area is 170 Å². The van der Waals surface area contributed by atoms with Crippen molar-refractivity contribution in [1.82, 2.24) is 10.2 Å². The van der Waals surface area contributed by atoms with Crippen LogP contribution in [0.15, 0.2) is 47.1 Å². The molecule has 2 heterocycles. The van der Waals surface area contributed by atoms with Gasteiger partial charge in [0, 0.05) is 11.6 Å². The molecule has 1 N–H and O–H groups in total. The molecule has 1 aromatic carbocycles. The Balaban J connectivity index is 1.71. The zero-order chi connectivity index (χ0) is 20.3. The molecule has 0 bridgehead atoms. The largest absolute Gasteiger partial charge is 0.467 e. The average molecular weight is 401 g/mol. The van der Waals surface area contributed by atoms with E-state index in [-0.39, 0.29) is 23.2 Å². The van der Waals surface area contributed by atoms with Gasteiger partial charge in [-0.25, -0.2) is 0 Å². The zero-order valence-corrected chi connectivity index (χ0v) is 17.7. The third kappa shape index (κ3) is 4.61. The third-order valence-electron chi connectivity index (χ3n) is 5.07. The van der Waals surface area contributed by atoms with Crippen molar-refractivity contribution in [2.45, 2.75) is 45.7 Å². The van der Waals surface area contributed by atoms with Gasteiger partial charge in [-0.1, -0.05) is 39.8 Å². The van der Waals surface area contributed by atoms with Gasteiger partial charge in [0.25, 0.3) is 5.91 Å². The lowest BCUT2D eigenvalue weighted by Crippen LogP contribution is -2.42. The summed E-state index contributed by atoms with van der Waals surface area (Å²) < 4.78 is 5.40. The topological polar surface area (TPSA) is 62.6 Å². The molecule has 28 heavy (non-hydrogen) atoms. The van der Waals surface area contributed by atoms with Crippen molar-refractivity contribution >= 4 is 23.6 Å². The van der Waals surface area contributed by atoms with Crippen molar-refractivity contribution in [2.24, 2.45) is 11.8 Å². The fourth-order valence-corrected chi connectivity index (χ4v) is 4.80. The van der Waals surface area contributed by atoms with Crippen molar-refractivity contribution in [3.63, 3.8) is 0 Å². The van der Waals surface area contributed by atoms with Gasteiger partial charge in [0.1, 0.15) is 11.1 Å². The molecule has 3 rings (SSSR count). The van der Waals surface area contributed by atoms with E-state index >= 15 is 0 Å². The van der Waals surface area contributed by atoms with Crippen molar-refractivity contribution in [3.05, 3.63) is 59.5 Å². The highest BCUT2D eigenvalue weighted by Gasteiger charge is 2.33. The first kappa shape index (κ1) is 20.5. The maximum Gasteiger partial charge on any atom is 0.251 e. The second-order valence-electron chi connectivity index (χ2n) is 7.87. The summed E-state index contributed by atoms with van der Waals surface area (Å²) in [6.45, 7) is 8.94. The lowest BCUT2D eigenvalue weighted by Gasteiger charge is -2.26. The summed E-state index contributed by atoms with van der Waals surface area (Å²) in [5, 5.41) is 3.08. The molecule has 1 aliphatic rings. The van der Waals surface area contributed by atoms with Gasteiger partial charge < -0.3 is 14.6 Å². The summed E-state index contributed by atoms with van der Waals surface area (Å²) in [6, 6.07) is 11.4. The minimum Gasteiger partial charge on any atom is -0.467 e. The first-order valence-electron chi connectivity index (χ1n) is 9.71. The van der Waals surface area contributed by atoms with Crippen LogP contribution in [0.1, 0.15) is 54.8 Å². The lowest BCUT2D eigenvalue weighted by molar-refractivity contribution is -0.128. The minimum atomic E-state index is -0.0613.